The van der Waals surface area contributed by atoms with Crippen LogP contribution in [0.15, 0.2) is 40.8 Å². The monoisotopic (exact) mass is 366 g/mol. The molecule has 5 nitrogen and oxygen atoms in total. The average molecular weight is 366 g/mol. The number of carbonyl (C=O) groups is 2. The molecule has 0 unspecified atom stereocenters. The van der Waals surface area contributed by atoms with Gasteiger partial charge >= 0.3 is 6.18 Å². The third-order valence-electron chi connectivity index (χ3n) is 4.40. The predicted molar refractivity (Wildman–Crippen MR) is 87.0 cm³/mol. The number of piperidine rings is 1. The number of primary amides is 1. The number of nitrogens with zero attached hydrogens (tertiary/aromatic N) is 1. The van der Waals surface area contributed by atoms with Crippen molar-refractivity contribution in [2.24, 2.45) is 11.7 Å². The summed E-state index contributed by atoms with van der Waals surface area (Å²) in [6.07, 6.45) is -3.17. The molecule has 8 heteroatoms. The second-order valence-electron chi connectivity index (χ2n) is 6.24. The lowest BCUT2D eigenvalue weighted by atomic mass is 9.97. The van der Waals surface area contributed by atoms with Gasteiger partial charge in [0.15, 0.2) is 5.76 Å². The Kier molecular flexibility index (Phi) is 4.76. The van der Waals surface area contributed by atoms with E-state index in [2.05, 4.69) is 0 Å². The van der Waals surface area contributed by atoms with E-state index in [0.29, 0.717) is 19.4 Å². The maximum absolute atomic E-state index is 12.8. The van der Waals surface area contributed by atoms with Crippen LogP contribution in [-0.4, -0.2) is 29.8 Å². The van der Waals surface area contributed by atoms with Crippen LogP contribution in [0.25, 0.3) is 11.3 Å². The first kappa shape index (κ1) is 18.0. The highest BCUT2D eigenvalue weighted by Gasteiger charge is 2.31. The van der Waals surface area contributed by atoms with Gasteiger partial charge in [0, 0.05) is 18.7 Å². The molecule has 1 aromatic carbocycles. The summed E-state index contributed by atoms with van der Waals surface area (Å²) in [6.45, 7) is 0.690. The van der Waals surface area contributed by atoms with Gasteiger partial charge in [-0.25, -0.2) is 0 Å². The first-order chi connectivity index (χ1) is 12.3. The molecule has 0 bridgehead atoms. The summed E-state index contributed by atoms with van der Waals surface area (Å²) in [5.74, 6) is -1.07. The van der Waals surface area contributed by atoms with Gasteiger partial charge in [0.1, 0.15) is 5.76 Å². The van der Waals surface area contributed by atoms with E-state index in [0.717, 1.165) is 12.1 Å². The van der Waals surface area contributed by atoms with Crippen molar-refractivity contribution in [3.8, 4) is 11.3 Å². The van der Waals surface area contributed by atoms with Crippen molar-refractivity contribution in [3.63, 3.8) is 0 Å². The van der Waals surface area contributed by atoms with E-state index in [4.69, 9.17) is 10.2 Å². The molecule has 1 aliphatic rings. The molecule has 1 atom stereocenters. The fourth-order valence-corrected chi connectivity index (χ4v) is 3.01. The molecule has 3 rings (SSSR count). The molecular weight excluding hydrogens is 349 g/mol. The molecule has 138 valence electrons. The Bertz CT molecular complexity index is 829. The third kappa shape index (κ3) is 3.74. The van der Waals surface area contributed by atoms with Crippen molar-refractivity contribution < 1.29 is 27.2 Å². The SMILES string of the molecule is NC(=O)[C@H]1CCCN(C(=O)c2ccc(-c3cccc(C(F)(F)F)c3)o2)C1. The molecule has 1 aliphatic heterocycles. The second-order valence-corrected chi connectivity index (χ2v) is 6.24. The highest BCUT2D eigenvalue weighted by molar-refractivity contribution is 5.92. The minimum absolute atomic E-state index is 0.0162. The fourth-order valence-electron chi connectivity index (χ4n) is 3.01. The topological polar surface area (TPSA) is 76.5 Å². The van der Waals surface area contributed by atoms with Crippen LogP contribution in [-0.2, 0) is 11.0 Å². The molecule has 0 aliphatic carbocycles. The maximum Gasteiger partial charge on any atom is 0.416 e. The number of amides is 2. The summed E-state index contributed by atoms with van der Waals surface area (Å²) < 4.78 is 44.0. The van der Waals surface area contributed by atoms with Crippen molar-refractivity contribution in [3.05, 3.63) is 47.7 Å². The zero-order valence-electron chi connectivity index (χ0n) is 13.8. The summed E-state index contributed by atoms with van der Waals surface area (Å²) in [4.78, 5) is 25.3. The van der Waals surface area contributed by atoms with Gasteiger partial charge in [-0.3, -0.25) is 9.59 Å². The molecule has 0 saturated carbocycles. The number of hydrogen-bond acceptors (Lipinski definition) is 3. The molecule has 0 spiro atoms. The molecule has 2 heterocycles. The average Bonchev–Trinajstić information content (AvgIpc) is 3.10. The lowest BCUT2D eigenvalue weighted by Crippen LogP contribution is -2.44. The Hall–Kier alpha value is -2.77. The molecule has 1 aromatic heterocycles. The predicted octanol–water partition coefficient (Wildman–Crippen LogP) is 3.30. The van der Waals surface area contributed by atoms with E-state index in [1.807, 2.05) is 0 Å². The van der Waals surface area contributed by atoms with Gasteiger partial charge in [-0.1, -0.05) is 12.1 Å². The Morgan fingerprint density at radius 1 is 1.19 bits per heavy atom. The number of nitrogens with two attached hydrogens (primary N) is 1. The Morgan fingerprint density at radius 3 is 2.65 bits per heavy atom. The van der Waals surface area contributed by atoms with Crippen LogP contribution in [0, 0.1) is 5.92 Å². The normalized spacial score (nSPS) is 18.0. The van der Waals surface area contributed by atoms with Gasteiger partial charge in [0.05, 0.1) is 11.5 Å². The molecular formula is C18H17F3N2O3. The number of furan rings is 1. The van der Waals surface area contributed by atoms with E-state index in [1.165, 1.54) is 29.2 Å². The van der Waals surface area contributed by atoms with E-state index < -0.39 is 29.5 Å². The first-order valence-corrected chi connectivity index (χ1v) is 8.12. The van der Waals surface area contributed by atoms with Crippen molar-refractivity contribution in [1.29, 1.82) is 0 Å². The van der Waals surface area contributed by atoms with Crippen LogP contribution in [0.4, 0.5) is 13.2 Å². The summed E-state index contributed by atoms with van der Waals surface area (Å²) >= 11 is 0. The Labute approximate surface area is 147 Å². The Balaban J connectivity index is 1.80. The molecule has 2 amide bonds. The summed E-state index contributed by atoms with van der Waals surface area (Å²) in [6, 6.07) is 7.58. The van der Waals surface area contributed by atoms with Gasteiger partial charge in [-0.15, -0.1) is 0 Å². The smallest absolute Gasteiger partial charge is 0.416 e. The zero-order valence-corrected chi connectivity index (χ0v) is 13.8. The zero-order chi connectivity index (χ0) is 18.9. The number of carbonyl (C=O) groups excluding carboxylic acids is 2. The number of hydrogen-bond donors (Lipinski definition) is 1. The first-order valence-electron chi connectivity index (χ1n) is 8.12. The molecule has 26 heavy (non-hydrogen) atoms. The van der Waals surface area contributed by atoms with E-state index >= 15 is 0 Å². The van der Waals surface area contributed by atoms with Crippen LogP contribution in [0.1, 0.15) is 29.0 Å². The van der Waals surface area contributed by atoms with Crippen molar-refractivity contribution in [2.75, 3.05) is 13.1 Å². The lowest BCUT2D eigenvalue weighted by molar-refractivity contribution is -0.137. The van der Waals surface area contributed by atoms with E-state index in [1.54, 1.807) is 0 Å². The van der Waals surface area contributed by atoms with Gasteiger partial charge < -0.3 is 15.1 Å². The fraction of sp³-hybridized carbons (Fsp3) is 0.333. The van der Waals surface area contributed by atoms with Crippen LogP contribution >= 0.6 is 0 Å². The molecule has 1 saturated heterocycles. The molecule has 2 aromatic rings. The van der Waals surface area contributed by atoms with Gasteiger partial charge in [0.2, 0.25) is 5.91 Å². The number of rotatable bonds is 3. The van der Waals surface area contributed by atoms with Crippen molar-refractivity contribution in [2.45, 2.75) is 19.0 Å². The number of halogens is 3. The van der Waals surface area contributed by atoms with Gasteiger partial charge in [0.25, 0.3) is 5.91 Å². The molecule has 2 N–H and O–H groups in total. The summed E-state index contributed by atoms with van der Waals surface area (Å²) in [5, 5.41) is 0. The lowest BCUT2D eigenvalue weighted by Gasteiger charge is -2.30. The third-order valence-corrected chi connectivity index (χ3v) is 4.40. The summed E-state index contributed by atoms with van der Waals surface area (Å²) in [5.41, 5.74) is 4.74. The van der Waals surface area contributed by atoms with Crippen LogP contribution in [0.5, 0.6) is 0 Å². The van der Waals surface area contributed by atoms with Crippen LogP contribution < -0.4 is 5.73 Å². The number of alkyl halides is 3. The second kappa shape index (κ2) is 6.86. The highest BCUT2D eigenvalue weighted by Crippen LogP contribution is 2.33. The maximum atomic E-state index is 12.8. The van der Waals surface area contributed by atoms with E-state index in [9.17, 15) is 22.8 Å². The van der Waals surface area contributed by atoms with Gasteiger partial charge in [-0.05, 0) is 37.1 Å². The largest absolute Gasteiger partial charge is 0.451 e. The van der Waals surface area contributed by atoms with Gasteiger partial charge in [-0.2, -0.15) is 13.2 Å². The number of benzene rings is 1. The van der Waals surface area contributed by atoms with Crippen LogP contribution in [0.3, 0.4) is 0 Å². The van der Waals surface area contributed by atoms with Crippen LogP contribution in [0.2, 0.25) is 0 Å². The summed E-state index contributed by atoms with van der Waals surface area (Å²) in [7, 11) is 0. The minimum Gasteiger partial charge on any atom is -0.451 e. The number of likely N-dealkylation sites (tertiary alicyclic amines) is 1. The Morgan fingerprint density at radius 2 is 1.96 bits per heavy atom. The van der Waals surface area contributed by atoms with E-state index in [-0.39, 0.29) is 23.6 Å². The standard InChI is InChI=1S/C18H17F3N2O3/c19-18(20,21)13-5-1-3-11(9-13)14-6-7-15(26-14)17(25)23-8-2-4-12(10-23)16(22)24/h1,3,5-7,9,12H,2,4,8,10H2,(H2,22,24)/t12-/m0/s1. The quantitative estimate of drug-likeness (QED) is 0.905. The molecule has 1 fully saturated rings. The molecule has 0 radical (unpaired) electrons. The van der Waals surface area contributed by atoms with Crippen molar-refractivity contribution in [1.82, 2.24) is 4.90 Å². The highest BCUT2D eigenvalue weighted by atomic mass is 19.4. The minimum atomic E-state index is -4.46. The van der Waals surface area contributed by atoms with Crippen molar-refractivity contribution >= 4 is 11.8 Å².